The Labute approximate surface area is 253 Å². The number of benzene rings is 3. The van der Waals surface area contributed by atoms with Crippen LogP contribution in [0.5, 0.6) is 0 Å². The van der Waals surface area contributed by atoms with Crippen LogP contribution in [0.4, 0.5) is 16.2 Å². The molecule has 7 nitrogen and oxygen atoms in total. The van der Waals surface area contributed by atoms with Gasteiger partial charge in [0, 0.05) is 74.3 Å². The van der Waals surface area contributed by atoms with E-state index in [1.165, 1.54) is 16.8 Å². The second-order valence-electron chi connectivity index (χ2n) is 11.0. The number of nitrogens with one attached hydrogen (secondary N) is 4. The largest absolute Gasteiger partial charge is 0.381 e. The lowest BCUT2D eigenvalue weighted by Crippen LogP contribution is -2.43. The van der Waals surface area contributed by atoms with Crippen molar-refractivity contribution in [3.63, 3.8) is 0 Å². The zero-order valence-corrected chi connectivity index (χ0v) is 25.2. The van der Waals surface area contributed by atoms with E-state index in [1.807, 2.05) is 12.1 Å². The lowest BCUT2D eigenvalue weighted by Gasteiger charge is -2.32. The first-order valence-corrected chi connectivity index (χ1v) is 15.3. The van der Waals surface area contributed by atoms with E-state index in [9.17, 15) is 4.79 Å². The second kappa shape index (κ2) is 14.3. The second-order valence-corrected chi connectivity index (χ2v) is 11.9. The number of urea groups is 1. The monoisotopic (exact) mass is 594 g/mol. The Morgan fingerprint density at radius 2 is 1.54 bits per heavy atom. The third-order valence-corrected chi connectivity index (χ3v) is 8.42. The number of piperidine rings is 1. The van der Waals surface area contributed by atoms with Gasteiger partial charge in [-0.2, -0.15) is 0 Å². The molecule has 4 N–H and O–H groups in total. The molecule has 0 aliphatic carbocycles. The first-order valence-electron chi connectivity index (χ1n) is 14.5. The highest BCUT2D eigenvalue weighted by atomic mass is 35.5. The van der Waals surface area contributed by atoms with Gasteiger partial charge in [0.2, 0.25) is 0 Å². The number of carbonyl (C=O) groups is 1. The first-order chi connectivity index (χ1) is 19.9. The Morgan fingerprint density at radius 3 is 2.22 bits per heavy atom. The molecule has 0 atom stereocenters. The summed E-state index contributed by atoms with van der Waals surface area (Å²) in [7, 11) is 1.65. The molecule has 0 spiro atoms. The summed E-state index contributed by atoms with van der Waals surface area (Å²) in [6.45, 7) is 8.50. The van der Waals surface area contributed by atoms with E-state index in [2.05, 4.69) is 73.5 Å². The molecule has 2 fully saturated rings. The van der Waals surface area contributed by atoms with E-state index in [0.717, 1.165) is 88.6 Å². The van der Waals surface area contributed by atoms with Gasteiger partial charge in [0.05, 0.1) is 0 Å². The van der Waals surface area contributed by atoms with Gasteiger partial charge in [-0.1, -0.05) is 29.3 Å². The van der Waals surface area contributed by atoms with Crippen LogP contribution in [-0.2, 0) is 13.1 Å². The molecule has 5 rings (SSSR count). The normalized spacial score (nSPS) is 16.4. The molecule has 3 aromatic rings. The van der Waals surface area contributed by atoms with Crippen molar-refractivity contribution < 1.29 is 4.79 Å². The maximum absolute atomic E-state index is 11.5. The standard InChI is InChI=1S/C32H40Cl2N6O/c1-35-32(41)38-20-23-6-10-39(11-7-23)22-25-14-24(15-26(16-25)27-17-28(33)19-29(34)18-27)21-37-30-2-4-31(5-3-30)40-12-8-36-9-13-40/h2-5,14-19,23,36-37H,6-13,20-22H2,1H3,(H2,35,38,41). The molecule has 0 bridgehead atoms. The van der Waals surface area contributed by atoms with E-state index in [-0.39, 0.29) is 6.03 Å². The molecule has 2 heterocycles. The highest BCUT2D eigenvalue weighted by molar-refractivity contribution is 6.35. The number of rotatable bonds is 9. The van der Waals surface area contributed by atoms with Crippen molar-refractivity contribution in [3.8, 4) is 11.1 Å². The molecule has 0 saturated carbocycles. The molecule has 2 saturated heterocycles. The average Bonchev–Trinajstić information content (AvgIpc) is 2.99. The molecule has 41 heavy (non-hydrogen) atoms. The summed E-state index contributed by atoms with van der Waals surface area (Å²) in [6, 6.07) is 21.1. The van der Waals surface area contributed by atoms with Crippen LogP contribution in [-0.4, -0.2) is 63.8 Å². The number of likely N-dealkylation sites (tertiary alicyclic amines) is 1. The molecule has 3 aromatic carbocycles. The number of amides is 2. The predicted octanol–water partition coefficient (Wildman–Crippen LogP) is 5.82. The fraction of sp³-hybridized carbons (Fsp3) is 0.406. The predicted molar refractivity (Wildman–Crippen MR) is 171 cm³/mol. The van der Waals surface area contributed by atoms with E-state index >= 15 is 0 Å². The third kappa shape index (κ3) is 8.52. The summed E-state index contributed by atoms with van der Waals surface area (Å²) in [5.74, 6) is 0.515. The summed E-state index contributed by atoms with van der Waals surface area (Å²) >= 11 is 12.7. The van der Waals surface area contributed by atoms with Crippen molar-refractivity contribution in [3.05, 3.63) is 81.8 Å². The Bertz CT molecular complexity index is 1280. The SMILES string of the molecule is CNC(=O)NCC1CCN(Cc2cc(CNc3ccc(N4CCNCC4)cc3)cc(-c3cc(Cl)cc(Cl)c3)c2)CC1. The Hall–Kier alpha value is -2.97. The molecule has 9 heteroatoms. The van der Waals surface area contributed by atoms with Gasteiger partial charge in [0.25, 0.3) is 0 Å². The Morgan fingerprint density at radius 1 is 0.878 bits per heavy atom. The van der Waals surface area contributed by atoms with Gasteiger partial charge >= 0.3 is 6.03 Å². The maximum Gasteiger partial charge on any atom is 0.314 e. The van der Waals surface area contributed by atoms with E-state index in [4.69, 9.17) is 23.2 Å². The minimum atomic E-state index is -0.109. The molecule has 0 radical (unpaired) electrons. The van der Waals surface area contributed by atoms with Crippen LogP contribution < -0.4 is 26.2 Å². The van der Waals surface area contributed by atoms with Gasteiger partial charge < -0.3 is 26.2 Å². The van der Waals surface area contributed by atoms with Crippen molar-refractivity contribution >= 4 is 40.6 Å². The molecule has 2 amide bonds. The van der Waals surface area contributed by atoms with Gasteiger partial charge in [-0.3, -0.25) is 4.90 Å². The topological polar surface area (TPSA) is 71.7 Å². The van der Waals surface area contributed by atoms with Gasteiger partial charge in [-0.05, 0) is 109 Å². The zero-order chi connectivity index (χ0) is 28.6. The van der Waals surface area contributed by atoms with Crippen molar-refractivity contribution in [2.75, 3.05) is 63.1 Å². The van der Waals surface area contributed by atoms with Gasteiger partial charge in [0.1, 0.15) is 0 Å². The Kier molecular flexibility index (Phi) is 10.3. The van der Waals surface area contributed by atoms with Gasteiger partial charge in [-0.15, -0.1) is 0 Å². The minimum absolute atomic E-state index is 0.109. The lowest BCUT2D eigenvalue weighted by molar-refractivity contribution is 0.175. The first kappa shape index (κ1) is 29.5. The smallest absolute Gasteiger partial charge is 0.314 e. The van der Waals surface area contributed by atoms with E-state index < -0.39 is 0 Å². The molecule has 2 aliphatic heterocycles. The minimum Gasteiger partial charge on any atom is -0.381 e. The van der Waals surface area contributed by atoms with Crippen LogP contribution in [0.1, 0.15) is 24.0 Å². The highest BCUT2D eigenvalue weighted by Gasteiger charge is 2.20. The van der Waals surface area contributed by atoms with Crippen LogP contribution in [0.15, 0.2) is 60.7 Å². The van der Waals surface area contributed by atoms with Crippen LogP contribution in [0.2, 0.25) is 10.0 Å². The van der Waals surface area contributed by atoms with Gasteiger partial charge in [0.15, 0.2) is 0 Å². The number of anilines is 2. The summed E-state index contributed by atoms with van der Waals surface area (Å²) < 4.78 is 0. The highest BCUT2D eigenvalue weighted by Crippen LogP contribution is 2.30. The molecule has 0 unspecified atom stereocenters. The number of carbonyl (C=O) groups excluding carboxylic acids is 1. The summed E-state index contributed by atoms with van der Waals surface area (Å²) in [6.07, 6.45) is 2.15. The maximum atomic E-state index is 11.5. The van der Waals surface area contributed by atoms with Crippen molar-refractivity contribution in [2.24, 2.45) is 5.92 Å². The number of halogens is 2. The Balaban J connectivity index is 1.27. The zero-order valence-electron chi connectivity index (χ0n) is 23.7. The van der Waals surface area contributed by atoms with Crippen molar-refractivity contribution in [1.29, 1.82) is 0 Å². The molecular formula is C32H40Cl2N6O. The van der Waals surface area contributed by atoms with E-state index in [0.29, 0.717) is 16.0 Å². The van der Waals surface area contributed by atoms with Crippen molar-refractivity contribution in [2.45, 2.75) is 25.9 Å². The molecular weight excluding hydrogens is 555 g/mol. The molecule has 2 aliphatic rings. The van der Waals surface area contributed by atoms with Gasteiger partial charge in [-0.25, -0.2) is 4.79 Å². The van der Waals surface area contributed by atoms with Crippen LogP contribution in [0, 0.1) is 5.92 Å². The van der Waals surface area contributed by atoms with Crippen LogP contribution >= 0.6 is 23.2 Å². The molecule has 218 valence electrons. The summed E-state index contributed by atoms with van der Waals surface area (Å²) in [5.41, 5.74) is 6.99. The number of piperazine rings is 1. The number of hydrogen-bond acceptors (Lipinski definition) is 5. The number of hydrogen-bond donors (Lipinski definition) is 4. The quantitative estimate of drug-likeness (QED) is 0.251. The van der Waals surface area contributed by atoms with Crippen molar-refractivity contribution in [1.82, 2.24) is 20.9 Å². The summed E-state index contributed by atoms with van der Waals surface area (Å²) in [5, 5.41) is 13.9. The summed E-state index contributed by atoms with van der Waals surface area (Å²) in [4.78, 5) is 16.5. The lowest BCUT2D eigenvalue weighted by atomic mass is 9.95. The van der Waals surface area contributed by atoms with E-state index in [1.54, 1.807) is 13.1 Å². The van der Waals surface area contributed by atoms with Crippen LogP contribution in [0.25, 0.3) is 11.1 Å². The molecule has 0 aromatic heterocycles. The number of nitrogens with zero attached hydrogens (tertiary/aromatic N) is 2. The fourth-order valence-electron chi connectivity index (χ4n) is 5.69. The average molecular weight is 596 g/mol. The third-order valence-electron chi connectivity index (χ3n) is 7.99. The van der Waals surface area contributed by atoms with Crippen LogP contribution in [0.3, 0.4) is 0 Å². The fourth-order valence-corrected chi connectivity index (χ4v) is 6.22.